The van der Waals surface area contributed by atoms with Gasteiger partial charge in [0.05, 0.1) is 16.3 Å². The zero-order valence-corrected chi connectivity index (χ0v) is 9.81. The first-order chi connectivity index (χ1) is 7.24. The van der Waals surface area contributed by atoms with E-state index >= 15 is 0 Å². The maximum Gasteiger partial charge on any atom is 0.482 e. The quantitative estimate of drug-likeness (QED) is 0.390. The second-order valence-electron chi connectivity index (χ2n) is 2.89. The van der Waals surface area contributed by atoms with Gasteiger partial charge in [-0.15, -0.1) is 0 Å². The first-order valence-corrected chi connectivity index (χ1v) is 5.52. The van der Waals surface area contributed by atoms with Gasteiger partial charge in [-0.3, -0.25) is 10.3 Å². The first-order valence-electron chi connectivity index (χ1n) is 4.00. The summed E-state index contributed by atoms with van der Waals surface area (Å²) in [6, 6.07) is 1.78. The van der Waals surface area contributed by atoms with Crippen LogP contribution in [0.15, 0.2) is 18.3 Å². The van der Waals surface area contributed by atoms with Crippen molar-refractivity contribution in [3.8, 4) is 0 Å². The van der Waals surface area contributed by atoms with Gasteiger partial charge in [-0.2, -0.15) is 22.0 Å². The molecule has 0 bridgehead atoms. The van der Waals surface area contributed by atoms with E-state index in [1.54, 1.807) is 0 Å². The third-order valence-electron chi connectivity index (χ3n) is 1.59. The predicted molar refractivity (Wildman–Crippen MR) is 56.7 cm³/mol. The van der Waals surface area contributed by atoms with Crippen LogP contribution in [0.5, 0.6) is 0 Å². The molecule has 0 spiro atoms. The van der Waals surface area contributed by atoms with Crippen LogP contribution >= 0.6 is 22.6 Å². The molecule has 0 aliphatic carbocycles. The molecule has 0 saturated carbocycles. The molecule has 0 amide bonds. The Morgan fingerprint density at radius 1 is 1.19 bits per heavy atom. The topological polar surface area (TPSA) is 24.9 Å². The third kappa shape index (κ3) is 3.72. The van der Waals surface area contributed by atoms with Crippen molar-refractivity contribution < 1.29 is 22.0 Å². The summed E-state index contributed by atoms with van der Waals surface area (Å²) in [6.07, 6.45) is -3.88. The highest BCUT2D eigenvalue weighted by atomic mass is 127. The average Bonchev–Trinajstić information content (AvgIpc) is 2.16. The van der Waals surface area contributed by atoms with Gasteiger partial charge in [-0.25, -0.2) is 0 Å². The van der Waals surface area contributed by atoms with Crippen molar-refractivity contribution >= 4 is 28.3 Å². The Balaban J connectivity index is 2.84. The molecule has 8 heteroatoms. The lowest BCUT2D eigenvalue weighted by Crippen LogP contribution is -2.21. The molecule has 0 saturated heterocycles. The molecule has 0 aliphatic rings. The minimum absolute atomic E-state index is 0.375. The Hall–Kier alpha value is -0.670. The molecule has 0 aliphatic heterocycles. The van der Waals surface area contributed by atoms with E-state index in [0.717, 1.165) is 18.3 Å². The van der Waals surface area contributed by atoms with E-state index in [4.69, 9.17) is 0 Å². The molecule has 0 atom stereocenters. The largest absolute Gasteiger partial charge is 0.482 e. The van der Waals surface area contributed by atoms with Crippen molar-refractivity contribution in [1.82, 2.24) is 4.98 Å². The number of pyridine rings is 1. The van der Waals surface area contributed by atoms with Gasteiger partial charge in [0.1, 0.15) is 5.69 Å². The van der Waals surface area contributed by atoms with E-state index in [2.05, 4.69) is 4.98 Å². The number of hydrogen-bond donors (Lipinski definition) is 1. The molecule has 0 radical (unpaired) electrons. The number of aromatic nitrogens is 1. The summed E-state index contributed by atoms with van der Waals surface area (Å²) < 4.78 is 61.2. The maximum atomic E-state index is 13.0. The summed E-state index contributed by atoms with van der Waals surface area (Å²) in [7, 11) is 0. The molecule has 1 aromatic heterocycles. The fraction of sp³-hybridized carbons (Fsp3) is 0.375. The fourth-order valence-corrected chi connectivity index (χ4v) is 1.31. The van der Waals surface area contributed by atoms with Crippen LogP contribution in [0.1, 0.15) is 5.69 Å². The molecule has 1 N–H and O–H groups in total. The molecule has 1 aromatic rings. The van der Waals surface area contributed by atoms with Crippen LogP contribution in [0.2, 0.25) is 0 Å². The summed E-state index contributed by atoms with van der Waals surface area (Å²) in [5.41, 5.74) is -0.921. The van der Waals surface area contributed by atoms with E-state index in [9.17, 15) is 22.0 Å². The molecular weight excluding hydrogens is 346 g/mol. The predicted octanol–water partition coefficient (Wildman–Crippen LogP) is 3.54. The Kier molecular flexibility index (Phi) is 3.92. The number of rotatable bonds is 3. The van der Waals surface area contributed by atoms with Gasteiger partial charge in [0, 0.05) is 0 Å². The van der Waals surface area contributed by atoms with Crippen LogP contribution in [0, 0.1) is 0 Å². The lowest BCUT2D eigenvalue weighted by atomic mass is 10.2. The highest BCUT2D eigenvalue weighted by Gasteiger charge is 2.32. The molecule has 2 nitrogen and oxygen atoms in total. The van der Waals surface area contributed by atoms with Gasteiger partial charge in [0.25, 0.3) is 5.92 Å². The molecule has 90 valence electrons. The minimum atomic E-state index is -4.60. The van der Waals surface area contributed by atoms with Crippen LogP contribution < -0.4 is 5.32 Å². The summed E-state index contributed by atoms with van der Waals surface area (Å²) in [6.45, 7) is 0. The van der Waals surface area contributed by atoms with Crippen LogP contribution in [-0.2, 0) is 5.92 Å². The molecular formula is C8H6F5IN2. The molecule has 1 heterocycles. The second kappa shape index (κ2) is 4.68. The lowest BCUT2D eigenvalue weighted by Gasteiger charge is -2.13. The third-order valence-corrected chi connectivity index (χ3v) is 2.55. The van der Waals surface area contributed by atoms with Crippen LogP contribution in [0.4, 0.5) is 27.6 Å². The van der Waals surface area contributed by atoms with Gasteiger partial charge in [0.2, 0.25) is 0 Å². The van der Waals surface area contributed by atoms with E-state index in [1.807, 2.05) is 0 Å². The standard InChI is InChI=1S/C8H6F5IN2/c9-7(10,4-14)6-2-1-5(3-15-6)16-8(11,12)13/h1-3,16H,4H2. The van der Waals surface area contributed by atoms with E-state index in [0.29, 0.717) is 0 Å². The van der Waals surface area contributed by atoms with Gasteiger partial charge in [-0.1, -0.05) is 22.6 Å². The monoisotopic (exact) mass is 352 g/mol. The number of hydrogen-bond acceptors (Lipinski definition) is 2. The van der Waals surface area contributed by atoms with E-state index < -0.39 is 22.3 Å². The zero-order chi connectivity index (χ0) is 12.4. The SMILES string of the molecule is FC(F)(F)Nc1ccc(C(F)(F)CI)nc1. The summed E-state index contributed by atoms with van der Waals surface area (Å²) in [4.78, 5) is 3.29. The molecule has 16 heavy (non-hydrogen) atoms. The van der Waals surface area contributed by atoms with Crippen LogP contribution in [0.25, 0.3) is 0 Å². The first kappa shape index (κ1) is 13.4. The van der Waals surface area contributed by atoms with E-state index in [-0.39, 0.29) is 5.69 Å². The van der Waals surface area contributed by atoms with Crippen molar-refractivity contribution in [2.24, 2.45) is 0 Å². The highest BCUT2D eigenvalue weighted by Crippen LogP contribution is 2.29. The average molecular weight is 352 g/mol. The number of nitrogens with one attached hydrogen (secondary N) is 1. The minimum Gasteiger partial charge on any atom is -0.296 e. The van der Waals surface area contributed by atoms with Crippen LogP contribution in [-0.4, -0.2) is 15.7 Å². The maximum absolute atomic E-state index is 13.0. The molecule has 0 fully saturated rings. The van der Waals surface area contributed by atoms with Gasteiger partial charge in [-0.05, 0) is 12.1 Å². The van der Waals surface area contributed by atoms with E-state index in [1.165, 1.54) is 27.9 Å². The number of anilines is 1. The Morgan fingerprint density at radius 2 is 1.81 bits per heavy atom. The van der Waals surface area contributed by atoms with Gasteiger partial charge < -0.3 is 0 Å². The summed E-state index contributed by atoms with van der Waals surface area (Å²) in [5, 5.41) is 1.17. The molecule has 0 unspecified atom stereocenters. The summed E-state index contributed by atoms with van der Waals surface area (Å²) in [5.74, 6) is -3.13. The molecule has 0 aromatic carbocycles. The normalized spacial score (nSPS) is 12.6. The van der Waals surface area contributed by atoms with Gasteiger partial charge >= 0.3 is 6.30 Å². The van der Waals surface area contributed by atoms with Crippen LogP contribution in [0.3, 0.4) is 0 Å². The zero-order valence-electron chi connectivity index (χ0n) is 7.65. The smallest absolute Gasteiger partial charge is 0.296 e. The highest BCUT2D eigenvalue weighted by molar-refractivity contribution is 14.1. The number of halogens is 6. The molecule has 1 rings (SSSR count). The van der Waals surface area contributed by atoms with Crippen molar-refractivity contribution in [1.29, 1.82) is 0 Å². The second-order valence-corrected chi connectivity index (χ2v) is 3.66. The van der Waals surface area contributed by atoms with Crippen molar-refractivity contribution in [3.05, 3.63) is 24.0 Å². The van der Waals surface area contributed by atoms with Gasteiger partial charge in [0.15, 0.2) is 0 Å². The Labute approximate surface area is 101 Å². The number of nitrogens with zero attached hydrogens (tertiary/aromatic N) is 1. The Morgan fingerprint density at radius 3 is 2.19 bits per heavy atom. The van der Waals surface area contributed by atoms with Crippen molar-refractivity contribution in [2.45, 2.75) is 12.2 Å². The van der Waals surface area contributed by atoms with Crippen molar-refractivity contribution in [2.75, 3.05) is 9.74 Å². The lowest BCUT2D eigenvalue weighted by molar-refractivity contribution is -0.0999. The number of alkyl halides is 6. The summed E-state index contributed by atoms with van der Waals surface area (Å²) >= 11 is 1.48. The Bertz CT molecular complexity index is 348. The van der Waals surface area contributed by atoms with Crippen molar-refractivity contribution in [3.63, 3.8) is 0 Å². The fourth-order valence-electron chi connectivity index (χ4n) is 0.916.